The average Bonchev–Trinajstić information content (AvgIpc) is 3.66. The molecule has 1 fully saturated rings. The van der Waals surface area contributed by atoms with Crippen molar-refractivity contribution in [3.05, 3.63) is 33.4 Å². The first-order valence-electron chi connectivity index (χ1n) is 11.7. The molecule has 238 valence electrons. The van der Waals surface area contributed by atoms with Crippen molar-refractivity contribution >= 4 is 62.4 Å². The van der Waals surface area contributed by atoms with Crippen LogP contribution in [0.3, 0.4) is 0 Å². The number of H-pyrrole nitrogens is 1. The molecule has 4 rings (SSSR count). The van der Waals surface area contributed by atoms with Gasteiger partial charge in [0.15, 0.2) is 22.9 Å². The van der Waals surface area contributed by atoms with Gasteiger partial charge in [0, 0.05) is 20.8 Å². The van der Waals surface area contributed by atoms with Gasteiger partial charge in [-0.2, -0.15) is 15.6 Å². The molecule has 1 saturated heterocycles. The number of phosphoric acid groups is 2. The molecule has 3 aromatic rings. The van der Waals surface area contributed by atoms with Crippen LogP contribution in [0.2, 0.25) is 0 Å². The predicted octanol–water partition coefficient (Wildman–Crippen LogP) is 0.833. The number of hydrogen-bond acceptors (Lipinski definition) is 17. The number of nitrogen functional groups attached to an aromatic ring is 1. The van der Waals surface area contributed by atoms with E-state index in [0.29, 0.717) is 7.11 Å². The van der Waals surface area contributed by atoms with E-state index in [-0.39, 0.29) is 28.3 Å². The molecule has 8 N–H and O–H groups in total. The van der Waals surface area contributed by atoms with Crippen molar-refractivity contribution in [3.63, 3.8) is 0 Å². The zero-order valence-electron chi connectivity index (χ0n) is 22.0. The van der Waals surface area contributed by atoms with Crippen LogP contribution in [0.1, 0.15) is 11.8 Å². The third-order valence-electron chi connectivity index (χ3n) is 5.67. The summed E-state index contributed by atoms with van der Waals surface area (Å²) >= 11 is 6.61. The fraction of sp³-hybridized carbons (Fsp3) is 0.474. The van der Waals surface area contributed by atoms with Crippen LogP contribution in [0, 0.1) is 4.64 Å². The number of anilines is 1. The summed E-state index contributed by atoms with van der Waals surface area (Å²) in [6.07, 6.45) is -8.90. The van der Waals surface area contributed by atoms with Gasteiger partial charge >= 0.3 is 27.9 Å². The highest BCUT2D eigenvalue weighted by molar-refractivity contribution is 7.71. The molecule has 0 bridgehead atoms. The molecule has 0 aliphatic carbocycles. The van der Waals surface area contributed by atoms with Gasteiger partial charge in [0.25, 0.3) is 0 Å². The summed E-state index contributed by atoms with van der Waals surface area (Å²) < 4.78 is 58.3. The van der Waals surface area contributed by atoms with Crippen molar-refractivity contribution in [1.29, 1.82) is 0 Å². The number of hydrogen-bond donors (Lipinski definition) is 7. The number of carbonyl (C=O) groups excluding carboxylic acids is 1. The first-order chi connectivity index (χ1) is 20.2. The highest BCUT2D eigenvalue weighted by Crippen LogP contribution is 2.61. The second-order valence-corrected chi connectivity index (χ2v) is 12.8. The van der Waals surface area contributed by atoms with Crippen molar-refractivity contribution in [2.75, 3.05) is 26.6 Å². The first kappa shape index (κ1) is 33.5. The number of alkyl carbamates (subject to hydrolysis) is 1. The fourth-order valence-corrected chi connectivity index (χ4v) is 6.50. The molecule has 3 aromatic heterocycles. The second kappa shape index (κ2) is 13.3. The normalized spacial score (nSPS) is 24.7. The smallest absolute Gasteiger partial charge is 0.438 e. The maximum atomic E-state index is 12.7. The number of rotatable bonds is 13. The van der Waals surface area contributed by atoms with E-state index >= 15 is 0 Å². The highest BCUT2D eigenvalue weighted by atomic mass is 32.1. The second-order valence-electron chi connectivity index (χ2n) is 8.52. The van der Waals surface area contributed by atoms with Crippen molar-refractivity contribution in [2.45, 2.75) is 37.2 Å². The molecule has 43 heavy (non-hydrogen) atoms. The number of amides is 1. The van der Waals surface area contributed by atoms with Crippen molar-refractivity contribution in [2.24, 2.45) is 0 Å². The minimum Gasteiger partial charge on any atom is -0.438 e. The monoisotopic (exact) mass is 688 g/mol. The van der Waals surface area contributed by atoms with Crippen molar-refractivity contribution in [3.8, 4) is 0 Å². The summed E-state index contributed by atoms with van der Waals surface area (Å²) in [7, 11) is -9.13. The molecule has 1 aliphatic heterocycles. The summed E-state index contributed by atoms with van der Waals surface area (Å²) in [5.74, 6) is -0.0671. The predicted molar refractivity (Wildman–Crippen MR) is 145 cm³/mol. The number of aliphatic hydroxyl groups excluding tert-OH is 1. The quantitative estimate of drug-likeness (QED) is 0.0743. The molecule has 0 spiro atoms. The number of imidazole rings is 1. The third kappa shape index (κ3) is 8.21. The Labute approximate surface area is 250 Å². The van der Waals surface area contributed by atoms with Gasteiger partial charge in [-0.05, 0) is 22.4 Å². The Bertz CT molecular complexity index is 1590. The van der Waals surface area contributed by atoms with Crippen LogP contribution in [0.25, 0.3) is 11.2 Å². The molecular weight excluding hydrogens is 662 g/mol. The van der Waals surface area contributed by atoms with Crippen LogP contribution in [-0.4, -0.2) is 90.9 Å². The van der Waals surface area contributed by atoms with E-state index in [0.717, 1.165) is 12.7 Å². The SMILES string of the molecule is COC(O)(OCC1OC(n2cnc3c(=S)nc(N)[nH]c32)C(OC(=O)NCc2ccsc2)C1O)OP(=O)(O)OP(=O)(O)OC. The van der Waals surface area contributed by atoms with Crippen molar-refractivity contribution < 1.29 is 66.2 Å². The Morgan fingerprint density at radius 2 is 2.09 bits per heavy atom. The van der Waals surface area contributed by atoms with Crippen LogP contribution in [-0.2, 0) is 48.0 Å². The summed E-state index contributed by atoms with van der Waals surface area (Å²) in [6.45, 7) is -0.719. The summed E-state index contributed by atoms with van der Waals surface area (Å²) in [4.78, 5) is 42.6. The Hall–Kier alpha value is -2.40. The van der Waals surface area contributed by atoms with Crippen molar-refractivity contribution in [1.82, 2.24) is 24.8 Å². The summed E-state index contributed by atoms with van der Waals surface area (Å²) in [5, 5.41) is 27.7. The van der Waals surface area contributed by atoms with Crippen LogP contribution in [0.15, 0.2) is 23.2 Å². The maximum absolute atomic E-state index is 12.7. The molecule has 0 radical (unpaired) electrons. The Morgan fingerprint density at radius 3 is 2.74 bits per heavy atom. The zero-order chi connectivity index (χ0) is 31.6. The number of nitrogens with zero attached hydrogens (tertiary/aromatic N) is 3. The van der Waals surface area contributed by atoms with Crippen LogP contribution < -0.4 is 11.1 Å². The topological polar surface area (TPSA) is 281 Å². The van der Waals surface area contributed by atoms with E-state index in [1.54, 1.807) is 6.07 Å². The lowest BCUT2D eigenvalue weighted by atomic mass is 10.1. The average molecular weight is 689 g/mol. The lowest BCUT2D eigenvalue weighted by Crippen LogP contribution is -2.43. The molecule has 20 nitrogen and oxygen atoms in total. The van der Waals surface area contributed by atoms with Gasteiger partial charge in [0.1, 0.15) is 23.4 Å². The first-order valence-corrected chi connectivity index (χ1v) is 16.1. The largest absolute Gasteiger partial charge is 0.487 e. The fourth-order valence-electron chi connectivity index (χ4n) is 3.72. The van der Waals surface area contributed by atoms with Gasteiger partial charge in [0.2, 0.25) is 0 Å². The van der Waals surface area contributed by atoms with E-state index in [1.165, 1.54) is 22.2 Å². The number of aliphatic hydroxyl groups is 2. The molecule has 1 amide bonds. The summed E-state index contributed by atoms with van der Waals surface area (Å²) in [6, 6.07) is 1.79. The van der Waals surface area contributed by atoms with E-state index in [1.807, 2.05) is 10.8 Å². The van der Waals surface area contributed by atoms with Crippen LogP contribution >= 0.6 is 39.2 Å². The summed E-state index contributed by atoms with van der Waals surface area (Å²) in [5.41, 5.74) is 7.00. The molecule has 7 unspecified atom stereocenters. The van der Waals surface area contributed by atoms with E-state index < -0.39 is 59.0 Å². The number of carbonyl (C=O) groups is 1. The molecule has 4 heterocycles. The van der Waals surface area contributed by atoms with E-state index in [2.05, 4.69) is 38.4 Å². The van der Waals surface area contributed by atoms with Gasteiger partial charge in [0.05, 0.1) is 12.9 Å². The Balaban J connectivity index is 1.55. The number of nitrogens with one attached hydrogen (secondary N) is 2. The van der Waals surface area contributed by atoms with Gasteiger partial charge in [-0.15, -0.1) is 0 Å². The minimum atomic E-state index is -5.56. The van der Waals surface area contributed by atoms with E-state index in [9.17, 15) is 33.9 Å². The minimum absolute atomic E-state index is 0.0493. The number of aromatic amines is 1. The van der Waals surface area contributed by atoms with Gasteiger partial charge in [-0.1, -0.05) is 12.2 Å². The Kier molecular flexibility index (Phi) is 10.4. The third-order valence-corrected chi connectivity index (χ3v) is 9.26. The number of methoxy groups -OCH3 is 1. The molecule has 24 heteroatoms. The molecule has 0 aromatic carbocycles. The molecular formula is C19H26N6O14P2S2. The number of thiophene rings is 1. The van der Waals surface area contributed by atoms with Gasteiger partial charge < -0.3 is 55.0 Å². The number of phosphoric ester groups is 2. The number of ether oxygens (including phenoxy) is 4. The standard InChI is InChI=1S/C19H26N6O14P2S2/c1-33-19(28,38-41(31,32)39-40(29,30)34-2)35-6-10-12(26)13(37-18(27)21-5-9-3-4-43-7-9)16(36-10)25-8-22-11-14(25)23-17(20)24-15(11)42/h3-4,7-8,10,12-13,16,26,28H,5-6H2,1-2H3,(H,21,27)(H,29,30)(H,31,32)(H3,20,23,24,42). The highest BCUT2D eigenvalue weighted by Gasteiger charge is 2.50. The molecule has 1 aliphatic rings. The number of aromatic nitrogens is 4. The lowest BCUT2D eigenvalue weighted by molar-refractivity contribution is -0.454. The van der Waals surface area contributed by atoms with Crippen LogP contribution in [0.4, 0.5) is 10.7 Å². The maximum Gasteiger partial charge on any atom is 0.487 e. The molecule has 7 atom stereocenters. The van der Waals surface area contributed by atoms with Gasteiger partial charge in [-0.25, -0.2) is 28.4 Å². The molecule has 0 saturated carbocycles. The van der Waals surface area contributed by atoms with E-state index in [4.69, 9.17) is 32.2 Å². The number of fused-ring (bicyclic) bond motifs is 1. The zero-order valence-corrected chi connectivity index (χ0v) is 25.5. The Morgan fingerprint density at radius 1 is 1.35 bits per heavy atom. The van der Waals surface area contributed by atoms with Gasteiger partial charge in [-0.3, -0.25) is 9.09 Å². The number of nitrogens with two attached hydrogens (primary N) is 1. The lowest BCUT2D eigenvalue weighted by Gasteiger charge is -2.28. The van der Waals surface area contributed by atoms with Crippen LogP contribution in [0.5, 0.6) is 0 Å².